The van der Waals surface area contributed by atoms with Crippen LogP contribution < -0.4 is 11.1 Å². The van der Waals surface area contributed by atoms with Crippen molar-refractivity contribution in [1.82, 2.24) is 5.32 Å². The van der Waals surface area contributed by atoms with Crippen LogP contribution >= 0.6 is 15.9 Å². The van der Waals surface area contributed by atoms with Gasteiger partial charge in [-0.05, 0) is 52.7 Å². The molecule has 1 aromatic carbocycles. The lowest BCUT2D eigenvalue weighted by Crippen LogP contribution is -2.12. The first kappa shape index (κ1) is 12.2. The molecule has 90 valence electrons. The molecular weight excluding hydrogens is 280 g/mol. The molecule has 0 fully saturated rings. The molecule has 2 rings (SSSR count). The van der Waals surface area contributed by atoms with Crippen molar-refractivity contribution in [3.8, 4) is 0 Å². The van der Waals surface area contributed by atoms with E-state index in [-0.39, 0.29) is 0 Å². The summed E-state index contributed by atoms with van der Waals surface area (Å²) in [6, 6.07) is 9.90. The maximum Gasteiger partial charge on any atom is 0.117 e. The fourth-order valence-electron chi connectivity index (χ4n) is 1.59. The fraction of sp³-hybridized carbons (Fsp3) is 0.231. The van der Waals surface area contributed by atoms with Gasteiger partial charge < -0.3 is 15.5 Å². The van der Waals surface area contributed by atoms with Crippen molar-refractivity contribution in [1.29, 1.82) is 0 Å². The molecule has 17 heavy (non-hydrogen) atoms. The van der Waals surface area contributed by atoms with Gasteiger partial charge in [0.25, 0.3) is 0 Å². The largest absolute Gasteiger partial charge is 0.465 e. The normalized spacial score (nSPS) is 10.7. The number of furan rings is 1. The molecule has 0 atom stereocenters. The van der Waals surface area contributed by atoms with Gasteiger partial charge in [0, 0.05) is 16.7 Å². The van der Waals surface area contributed by atoms with Crippen molar-refractivity contribution in [2.45, 2.75) is 20.0 Å². The van der Waals surface area contributed by atoms with Crippen molar-refractivity contribution in [2.75, 3.05) is 5.73 Å². The minimum atomic E-state index is 0.732. The number of nitrogens with one attached hydrogen (secondary N) is 1. The van der Waals surface area contributed by atoms with Crippen molar-refractivity contribution < 1.29 is 4.42 Å². The summed E-state index contributed by atoms with van der Waals surface area (Å²) in [5.41, 5.74) is 7.68. The Morgan fingerprint density at radius 2 is 2.06 bits per heavy atom. The van der Waals surface area contributed by atoms with Crippen LogP contribution in [0, 0.1) is 6.92 Å². The highest BCUT2D eigenvalue weighted by molar-refractivity contribution is 9.10. The Bertz CT molecular complexity index is 508. The highest BCUT2D eigenvalue weighted by Crippen LogP contribution is 2.20. The number of halogens is 1. The molecule has 3 nitrogen and oxygen atoms in total. The van der Waals surface area contributed by atoms with Crippen molar-refractivity contribution in [2.24, 2.45) is 0 Å². The molecule has 0 unspecified atom stereocenters. The monoisotopic (exact) mass is 294 g/mol. The van der Waals surface area contributed by atoms with E-state index in [1.165, 1.54) is 5.56 Å². The lowest BCUT2D eigenvalue weighted by molar-refractivity contribution is 0.461. The van der Waals surface area contributed by atoms with Gasteiger partial charge in [-0.25, -0.2) is 0 Å². The number of benzene rings is 1. The van der Waals surface area contributed by atoms with Gasteiger partial charge in [-0.3, -0.25) is 0 Å². The van der Waals surface area contributed by atoms with Gasteiger partial charge in [-0.1, -0.05) is 6.07 Å². The molecule has 0 spiro atoms. The Morgan fingerprint density at radius 3 is 2.71 bits per heavy atom. The van der Waals surface area contributed by atoms with Crippen molar-refractivity contribution in [3.63, 3.8) is 0 Å². The lowest BCUT2D eigenvalue weighted by Gasteiger charge is -2.05. The summed E-state index contributed by atoms with van der Waals surface area (Å²) in [6.45, 7) is 3.47. The summed E-state index contributed by atoms with van der Waals surface area (Å²) in [4.78, 5) is 0. The van der Waals surface area contributed by atoms with Gasteiger partial charge in [0.1, 0.15) is 11.5 Å². The highest BCUT2D eigenvalue weighted by atomic mass is 79.9. The van der Waals surface area contributed by atoms with Crippen LogP contribution in [0.3, 0.4) is 0 Å². The van der Waals surface area contributed by atoms with Crippen LogP contribution in [0.15, 0.2) is 39.2 Å². The summed E-state index contributed by atoms with van der Waals surface area (Å²) in [6.07, 6.45) is 0. The molecule has 0 aliphatic rings. The predicted octanol–water partition coefficient (Wildman–Crippen LogP) is 3.22. The average molecular weight is 295 g/mol. The molecule has 0 amide bonds. The van der Waals surface area contributed by atoms with E-state index in [0.29, 0.717) is 0 Å². The van der Waals surface area contributed by atoms with E-state index in [0.717, 1.165) is 34.8 Å². The molecule has 1 heterocycles. The zero-order chi connectivity index (χ0) is 12.3. The molecular formula is C13H15BrN2O. The van der Waals surface area contributed by atoms with E-state index >= 15 is 0 Å². The molecule has 1 aromatic heterocycles. The van der Waals surface area contributed by atoms with E-state index in [9.17, 15) is 0 Å². The molecule has 0 radical (unpaired) electrons. The number of hydrogen-bond donors (Lipinski definition) is 2. The first-order chi connectivity index (χ1) is 8.15. The molecule has 0 bridgehead atoms. The Balaban J connectivity index is 1.87. The Kier molecular flexibility index (Phi) is 3.86. The van der Waals surface area contributed by atoms with Crippen LogP contribution in [0.2, 0.25) is 0 Å². The SMILES string of the molecule is Cc1ccc(CNCc2ccc(N)c(Br)c2)o1. The Morgan fingerprint density at radius 1 is 1.24 bits per heavy atom. The van der Waals surface area contributed by atoms with Gasteiger partial charge in [-0.2, -0.15) is 0 Å². The van der Waals surface area contributed by atoms with Crippen LogP contribution in [0.1, 0.15) is 17.1 Å². The third-order valence-corrected chi connectivity index (χ3v) is 3.18. The summed E-state index contributed by atoms with van der Waals surface area (Å²) >= 11 is 3.41. The van der Waals surface area contributed by atoms with Crippen LogP contribution in [0.25, 0.3) is 0 Å². The second-order valence-corrected chi connectivity index (χ2v) is 4.83. The van der Waals surface area contributed by atoms with Crippen LogP contribution in [-0.4, -0.2) is 0 Å². The third kappa shape index (κ3) is 3.35. The van der Waals surface area contributed by atoms with Gasteiger partial charge in [0.15, 0.2) is 0 Å². The Labute approximate surface area is 109 Å². The smallest absolute Gasteiger partial charge is 0.117 e. The van der Waals surface area contributed by atoms with E-state index in [4.69, 9.17) is 10.2 Å². The van der Waals surface area contributed by atoms with Gasteiger partial charge in [0.05, 0.1) is 6.54 Å². The fourth-order valence-corrected chi connectivity index (χ4v) is 2.02. The third-order valence-electron chi connectivity index (χ3n) is 2.49. The molecule has 0 aliphatic heterocycles. The van der Waals surface area contributed by atoms with Crippen molar-refractivity contribution in [3.05, 3.63) is 51.9 Å². The van der Waals surface area contributed by atoms with Gasteiger partial charge in [0.2, 0.25) is 0 Å². The summed E-state index contributed by atoms with van der Waals surface area (Å²) in [5, 5.41) is 3.32. The first-order valence-corrected chi connectivity index (χ1v) is 6.24. The Hall–Kier alpha value is -1.26. The standard InChI is InChI=1S/C13H15BrN2O/c1-9-2-4-11(17-9)8-16-7-10-3-5-13(15)12(14)6-10/h2-6,16H,7-8,15H2,1H3. The second-order valence-electron chi connectivity index (χ2n) is 3.97. The number of anilines is 1. The van der Waals surface area contributed by atoms with E-state index in [1.807, 2.05) is 37.3 Å². The topological polar surface area (TPSA) is 51.2 Å². The van der Waals surface area contributed by atoms with Crippen LogP contribution in [0.4, 0.5) is 5.69 Å². The van der Waals surface area contributed by atoms with Crippen LogP contribution in [-0.2, 0) is 13.1 Å². The zero-order valence-electron chi connectivity index (χ0n) is 9.66. The molecule has 0 aliphatic carbocycles. The molecule has 3 N–H and O–H groups in total. The molecule has 0 saturated heterocycles. The number of rotatable bonds is 4. The second kappa shape index (κ2) is 5.38. The summed E-state index contributed by atoms with van der Waals surface area (Å²) in [7, 11) is 0. The highest BCUT2D eigenvalue weighted by Gasteiger charge is 2.00. The summed E-state index contributed by atoms with van der Waals surface area (Å²) in [5.74, 6) is 1.90. The van der Waals surface area contributed by atoms with E-state index in [2.05, 4.69) is 21.2 Å². The van der Waals surface area contributed by atoms with Gasteiger partial charge in [-0.15, -0.1) is 0 Å². The average Bonchev–Trinajstić information content (AvgIpc) is 2.70. The quantitative estimate of drug-likeness (QED) is 0.851. The van der Waals surface area contributed by atoms with Crippen molar-refractivity contribution >= 4 is 21.6 Å². The minimum Gasteiger partial charge on any atom is -0.465 e. The van der Waals surface area contributed by atoms with E-state index < -0.39 is 0 Å². The summed E-state index contributed by atoms with van der Waals surface area (Å²) < 4.78 is 6.41. The number of nitrogen functional groups attached to an aromatic ring is 1. The van der Waals surface area contributed by atoms with Gasteiger partial charge >= 0.3 is 0 Å². The maximum absolute atomic E-state index is 5.73. The first-order valence-electron chi connectivity index (χ1n) is 5.45. The lowest BCUT2D eigenvalue weighted by atomic mass is 10.2. The minimum absolute atomic E-state index is 0.732. The van der Waals surface area contributed by atoms with E-state index in [1.54, 1.807) is 0 Å². The predicted molar refractivity (Wildman–Crippen MR) is 72.5 cm³/mol. The maximum atomic E-state index is 5.73. The number of nitrogens with two attached hydrogens (primary N) is 1. The zero-order valence-corrected chi connectivity index (χ0v) is 11.3. The number of hydrogen-bond acceptors (Lipinski definition) is 3. The van der Waals surface area contributed by atoms with Crippen LogP contribution in [0.5, 0.6) is 0 Å². The number of aryl methyl sites for hydroxylation is 1. The molecule has 4 heteroatoms. The molecule has 0 saturated carbocycles. The molecule has 2 aromatic rings.